The normalized spacial score (nSPS) is 15.7. The van der Waals surface area contributed by atoms with E-state index in [0.29, 0.717) is 12.5 Å². The Kier molecular flexibility index (Phi) is 5.92. The van der Waals surface area contributed by atoms with Crippen molar-refractivity contribution in [1.29, 1.82) is 0 Å². The molecule has 122 valence electrons. The van der Waals surface area contributed by atoms with E-state index in [1.165, 1.54) is 11.1 Å². The first-order valence-electron chi connectivity index (χ1n) is 7.47. The molecule has 23 heavy (non-hydrogen) atoms. The molecule has 0 amide bonds. The van der Waals surface area contributed by atoms with E-state index in [1.807, 2.05) is 36.4 Å². The Morgan fingerprint density at radius 2 is 1.74 bits per heavy atom. The number of nitrogens with two attached hydrogens (primary N) is 1. The van der Waals surface area contributed by atoms with E-state index in [2.05, 4.69) is 29.4 Å². The fourth-order valence-electron chi connectivity index (χ4n) is 2.55. The summed E-state index contributed by atoms with van der Waals surface area (Å²) in [5.41, 5.74) is 9.62. The smallest absolute Gasteiger partial charge is 0.193 e. The van der Waals surface area contributed by atoms with E-state index in [9.17, 15) is 0 Å². The van der Waals surface area contributed by atoms with Crippen molar-refractivity contribution in [2.45, 2.75) is 25.2 Å². The second-order valence-corrected chi connectivity index (χ2v) is 6.42. The Morgan fingerprint density at radius 3 is 2.30 bits per heavy atom. The largest absolute Gasteiger partial charge is 0.370 e. The van der Waals surface area contributed by atoms with Crippen molar-refractivity contribution in [3.8, 4) is 0 Å². The number of anilines is 1. The van der Waals surface area contributed by atoms with Crippen LogP contribution in [0.25, 0.3) is 0 Å². The first kappa shape index (κ1) is 18.1. The third kappa shape index (κ3) is 4.61. The van der Waals surface area contributed by atoms with Gasteiger partial charge in [0.05, 0.1) is 6.54 Å². The van der Waals surface area contributed by atoms with Crippen LogP contribution in [-0.4, -0.2) is 12.5 Å². The summed E-state index contributed by atoms with van der Waals surface area (Å²) in [6.45, 7) is 2.77. The number of rotatable bonds is 4. The summed E-state index contributed by atoms with van der Waals surface area (Å²) in [4.78, 5) is 4.53. The Hall–Kier alpha value is -1.27. The molecule has 3 N–H and O–H groups in total. The monoisotopic (exact) mass is 441 g/mol. The average Bonchev–Trinajstić information content (AvgIpc) is 3.30. The number of aryl methyl sites for hydroxylation is 1. The Labute approximate surface area is 159 Å². The molecule has 0 saturated heterocycles. The van der Waals surface area contributed by atoms with E-state index in [0.717, 1.165) is 23.6 Å². The van der Waals surface area contributed by atoms with Crippen LogP contribution in [0.15, 0.2) is 53.5 Å². The second kappa shape index (κ2) is 7.53. The van der Waals surface area contributed by atoms with E-state index in [1.54, 1.807) is 0 Å². The maximum absolute atomic E-state index is 6.00. The molecule has 0 spiro atoms. The van der Waals surface area contributed by atoms with Gasteiger partial charge in [-0.25, -0.2) is 0 Å². The van der Waals surface area contributed by atoms with E-state index < -0.39 is 0 Å². The molecule has 2 aromatic rings. The van der Waals surface area contributed by atoms with Crippen LogP contribution in [0.4, 0.5) is 5.69 Å². The van der Waals surface area contributed by atoms with E-state index >= 15 is 0 Å². The van der Waals surface area contributed by atoms with Crippen LogP contribution >= 0.6 is 35.6 Å². The molecule has 3 rings (SSSR count). The van der Waals surface area contributed by atoms with E-state index in [4.69, 9.17) is 17.3 Å². The summed E-state index contributed by atoms with van der Waals surface area (Å²) >= 11 is 5.95. The highest BCUT2D eigenvalue weighted by Crippen LogP contribution is 2.48. The third-order valence-corrected chi connectivity index (χ3v) is 4.44. The Bertz CT molecular complexity index is 676. The predicted octanol–water partition coefficient (Wildman–Crippen LogP) is 4.72. The lowest BCUT2D eigenvalue weighted by molar-refractivity contribution is 0.705. The summed E-state index contributed by atoms with van der Waals surface area (Å²) in [6.07, 6.45) is 2.30. The van der Waals surface area contributed by atoms with Crippen molar-refractivity contribution in [2.75, 3.05) is 11.9 Å². The van der Waals surface area contributed by atoms with Gasteiger partial charge in [-0.1, -0.05) is 41.4 Å². The highest BCUT2D eigenvalue weighted by molar-refractivity contribution is 14.0. The minimum absolute atomic E-state index is 0. The molecule has 5 heteroatoms. The van der Waals surface area contributed by atoms with Gasteiger partial charge in [-0.15, -0.1) is 24.0 Å². The molecule has 1 saturated carbocycles. The lowest BCUT2D eigenvalue weighted by atomic mass is 9.96. The number of nitrogens with zero attached hydrogens (tertiary/aromatic N) is 1. The molecule has 0 unspecified atom stereocenters. The maximum atomic E-state index is 6.00. The van der Waals surface area contributed by atoms with Crippen LogP contribution in [-0.2, 0) is 5.41 Å². The van der Waals surface area contributed by atoms with Gasteiger partial charge in [0.1, 0.15) is 0 Å². The zero-order chi connectivity index (χ0) is 15.6. The highest BCUT2D eigenvalue weighted by Gasteiger charge is 2.44. The van der Waals surface area contributed by atoms with Crippen molar-refractivity contribution in [3.63, 3.8) is 0 Å². The minimum Gasteiger partial charge on any atom is -0.370 e. The fraction of sp³-hybridized carbons (Fsp3) is 0.278. The number of nitrogens with one attached hydrogen (secondary N) is 1. The Balaban J connectivity index is 0.00000192. The van der Waals surface area contributed by atoms with Gasteiger partial charge in [-0.05, 0) is 49.6 Å². The van der Waals surface area contributed by atoms with Crippen molar-refractivity contribution in [2.24, 2.45) is 10.7 Å². The number of aliphatic imine (C=N–C) groups is 1. The van der Waals surface area contributed by atoms with Gasteiger partial charge in [-0.2, -0.15) is 0 Å². The maximum Gasteiger partial charge on any atom is 0.193 e. The number of hydrogen-bond acceptors (Lipinski definition) is 1. The van der Waals surface area contributed by atoms with Crippen molar-refractivity contribution in [1.82, 2.24) is 0 Å². The molecule has 0 atom stereocenters. The summed E-state index contributed by atoms with van der Waals surface area (Å²) in [5.74, 6) is 0.462. The molecule has 1 fully saturated rings. The second-order valence-electron chi connectivity index (χ2n) is 5.98. The molecule has 2 aromatic carbocycles. The summed E-state index contributed by atoms with van der Waals surface area (Å²) in [7, 11) is 0. The zero-order valence-electron chi connectivity index (χ0n) is 13.1. The zero-order valence-corrected chi connectivity index (χ0v) is 16.1. The quantitative estimate of drug-likeness (QED) is 0.410. The van der Waals surface area contributed by atoms with Crippen LogP contribution in [0.5, 0.6) is 0 Å². The highest BCUT2D eigenvalue weighted by atomic mass is 127. The molecule has 0 bridgehead atoms. The van der Waals surface area contributed by atoms with Crippen LogP contribution < -0.4 is 11.1 Å². The number of benzene rings is 2. The van der Waals surface area contributed by atoms with Gasteiger partial charge >= 0.3 is 0 Å². The minimum atomic E-state index is 0. The molecule has 0 aromatic heterocycles. The van der Waals surface area contributed by atoms with Gasteiger partial charge in [0, 0.05) is 16.1 Å². The van der Waals surface area contributed by atoms with Crippen LogP contribution in [0.2, 0.25) is 5.02 Å². The SMILES string of the molecule is Cc1ccc(NC(N)=NCC2(c3ccc(Cl)cc3)CC2)cc1.I. The topological polar surface area (TPSA) is 50.4 Å². The number of hydrogen-bond donors (Lipinski definition) is 2. The molecule has 0 radical (unpaired) electrons. The molecule has 0 aliphatic heterocycles. The molecular formula is C18H21ClIN3. The first-order chi connectivity index (χ1) is 10.6. The van der Waals surface area contributed by atoms with Gasteiger partial charge in [0.2, 0.25) is 0 Å². The van der Waals surface area contributed by atoms with Gasteiger partial charge in [0.25, 0.3) is 0 Å². The van der Waals surface area contributed by atoms with Gasteiger partial charge in [-0.3, -0.25) is 4.99 Å². The fourth-order valence-corrected chi connectivity index (χ4v) is 2.68. The lowest BCUT2D eigenvalue weighted by Crippen LogP contribution is -2.24. The van der Waals surface area contributed by atoms with Crippen molar-refractivity contribution < 1.29 is 0 Å². The molecule has 3 nitrogen and oxygen atoms in total. The molecule has 0 heterocycles. The van der Waals surface area contributed by atoms with Gasteiger partial charge < -0.3 is 11.1 Å². The van der Waals surface area contributed by atoms with Crippen LogP contribution in [0.1, 0.15) is 24.0 Å². The van der Waals surface area contributed by atoms with Gasteiger partial charge in [0.15, 0.2) is 5.96 Å². The number of halogens is 2. The summed E-state index contributed by atoms with van der Waals surface area (Å²) in [5, 5.41) is 3.90. The number of guanidine groups is 1. The first-order valence-corrected chi connectivity index (χ1v) is 7.85. The average molecular weight is 442 g/mol. The molecule has 1 aliphatic carbocycles. The van der Waals surface area contributed by atoms with Crippen molar-refractivity contribution in [3.05, 3.63) is 64.7 Å². The summed E-state index contributed by atoms with van der Waals surface area (Å²) in [6, 6.07) is 16.2. The molecule has 1 aliphatic rings. The summed E-state index contributed by atoms with van der Waals surface area (Å²) < 4.78 is 0. The van der Waals surface area contributed by atoms with E-state index in [-0.39, 0.29) is 29.4 Å². The lowest BCUT2D eigenvalue weighted by Gasteiger charge is -2.14. The molecular weight excluding hydrogens is 421 g/mol. The predicted molar refractivity (Wildman–Crippen MR) is 109 cm³/mol. The van der Waals surface area contributed by atoms with Crippen molar-refractivity contribution >= 4 is 47.2 Å². The van der Waals surface area contributed by atoms with Crippen LogP contribution in [0.3, 0.4) is 0 Å². The van der Waals surface area contributed by atoms with Crippen LogP contribution in [0, 0.1) is 6.92 Å². The Morgan fingerprint density at radius 1 is 1.13 bits per heavy atom. The standard InChI is InChI=1S/C18H20ClN3.HI/c1-13-2-8-16(9-3-13)22-17(20)21-12-18(10-11-18)14-4-6-15(19)7-5-14;/h2-9H,10-12H2,1H3,(H3,20,21,22);1H. The third-order valence-electron chi connectivity index (χ3n) is 4.19.